The first-order valence-corrected chi connectivity index (χ1v) is 16.1. The van der Waals surface area contributed by atoms with Crippen LogP contribution in [0.4, 0.5) is 0 Å². The number of hydrogen-bond donors (Lipinski definition) is 14. The molecule has 4 aliphatic heterocycles. The zero-order valence-corrected chi connectivity index (χ0v) is 27.4. The van der Waals surface area contributed by atoms with Gasteiger partial charge in [-0.2, -0.15) is 0 Å². The van der Waals surface area contributed by atoms with E-state index in [9.17, 15) is 70.9 Å². The summed E-state index contributed by atoms with van der Waals surface area (Å²) in [5, 5.41) is 129. The third-order valence-corrected chi connectivity index (χ3v) is 8.99. The van der Waals surface area contributed by atoms with Crippen LogP contribution in [-0.4, -0.2) is 222 Å². The van der Waals surface area contributed by atoms with Gasteiger partial charge in [0.05, 0.1) is 26.4 Å². The molecule has 23 nitrogen and oxygen atoms in total. The van der Waals surface area contributed by atoms with Crippen LogP contribution >= 0.6 is 0 Å². The molecule has 0 aromatic carbocycles. The Kier molecular flexibility index (Phi) is 14.8. The molecule has 0 aromatic rings. The maximum Gasteiger partial charge on any atom is 0.217 e. The minimum absolute atomic E-state index is 0.684. The van der Waals surface area contributed by atoms with Crippen molar-refractivity contribution in [3.8, 4) is 0 Å². The molecule has 0 radical (unpaired) electrons. The Morgan fingerprint density at radius 3 is 1.55 bits per heavy atom. The molecule has 1 unspecified atom stereocenters. The van der Waals surface area contributed by atoms with E-state index in [-0.39, 0.29) is 0 Å². The highest BCUT2D eigenvalue weighted by molar-refractivity contribution is 5.73. The number of ether oxygens (including phenoxy) is 7. The Hall–Kier alpha value is -1.82. The van der Waals surface area contributed by atoms with Crippen molar-refractivity contribution < 1.29 is 104 Å². The summed E-state index contributed by atoms with van der Waals surface area (Å²) >= 11 is 0. The lowest BCUT2D eigenvalue weighted by molar-refractivity contribution is -0.359. The fourth-order valence-electron chi connectivity index (χ4n) is 6.24. The van der Waals surface area contributed by atoms with Gasteiger partial charge in [-0.05, 0) is 0 Å². The van der Waals surface area contributed by atoms with Crippen molar-refractivity contribution in [2.45, 2.75) is 137 Å². The molecule has 4 saturated heterocycles. The maximum absolute atomic E-state index is 11.9. The van der Waals surface area contributed by atoms with E-state index in [0.717, 1.165) is 13.8 Å². The SMILES string of the molecule is CC(=O)N[C@H]1[C@H](O[C@H]2[C@@H](O)[C@@H](CO)O[C@@H](OC[C@H]3OC(O)[C@H](NC(C)=O)[C@@H](O[C@@H]4O[C@H](CO)[C@H](O)[C@H](O)[C@H]4O)[C@H]3O)[C@@H]2O)O[C@H](CO)[C@@H](O)[C@@H]1O. The van der Waals surface area contributed by atoms with Crippen LogP contribution in [0.2, 0.25) is 0 Å². The number of rotatable bonds is 12. The number of carbonyl (C=O) groups excluding carboxylic acids is 2. The summed E-state index contributed by atoms with van der Waals surface area (Å²) in [5.41, 5.74) is 0. The summed E-state index contributed by atoms with van der Waals surface area (Å²) in [7, 11) is 0. The minimum atomic E-state index is -1.94. The van der Waals surface area contributed by atoms with E-state index in [1.165, 1.54) is 0 Å². The molecule has 4 heterocycles. The Balaban J connectivity index is 1.51. The van der Waals surface area contributed by atoms with Gasteiger partial charge >= 0.3 is 0 Å². The molecule has 2 amide bonds. The van der Waals surface area contributed by atoms with E-state index in [2.05, 4.69) is 10.6 Å². The van der Waals surface area contributed by atoms with Gasteiger partial charge in [-0.15, -0.1) is 0 Å². The topological polar surface area (TPSA) is 366 Å². The van der Waals surface area contributed by atoms with Gasteiger partial charge in [0, 0.05) is 13.8 Å². The first-order valence-electron chi connectivity index (χ1n) is 16.1. The Labute approximate surface area is 289 Å². The molecule has 4 aliphatic rings. The molecule has 4 rings (SSSR count). The van der Waals surface area contributed by atoms with Crippen molar-refractivity contribution in [1.82, 2.24) is 10.6 Å². The van der Waals surface area contributed by atoms with Crippen molar-refractivity contribution in [2.24, 2.45) is 0 Å². The van der Waals surface area contributed by atoms with Crippen molar-refractivity contribution in [3.05, 3.63) is 0 Å². The fraction of sp³-hybridized carbons (Fsp3) is 0.929. The highest BCUT2D eigenvalue weighted by Gasteiger charge is 2.54. The molecule has 296 valence electrons. The number of aliphatic hydroxyl groups excluding tert-OH is 12. The molecule has 20 atom stereocenters. The van der Waals surface area contributed by atoms with Crippen LogP contribution in [0.1, 0.15) is 13.8 Å². The fourth-order valence-corrected chi connectivity index (χ4v) is 6.24. The zero-order valence-electron chi connectivity index (χ0n) is 27.4. The van der Waals surface area contributed by atoms with Gasteiger partial charge < -0.3 is 105 Å². The summed E-state index contributed by atoms with van der Waals surface area (Å²) < 4.78 is 38.8. The first kappa shape index (κ1) is 41.9. The molecule has 51 heavy (non-hydrogen) atoms. The van der Waals surface area contributed by atoms with Crippen LogP contribution < -0.4 is 10.6 Å². The molecular weight excluding hydrogens is 700 g/mol. The van der Waals surface area contributed by atoms with Crippen molar-refractivity contribution in [1.29, 1.82) is 0 Å². The third-order valence-electron chi connectivity index (χ3n) is 8.99. The zero-order chi connectivity index (χ0) is 37.9. The number of nitrogens with one attached hydrogen (secondary N) is 2. The predicted molar refractivity (Wildman–Crippen MR) is 157 cm³/mol. The van der Waals surface area contributed by atoms with Crippen LogP contribution in [0.15, 0.2) is 0 Å². The average Bonchev–Trinajstić information content (AvgIpc) is 3.08. The number of aliphatic hydroxyl groups is 12. The van der Waals surface area contributed by atoms with Crippen LogP contribution in [0.25, 0.3) is 0 Å². The standard InChI is InChI=1S/C28H48N2O21/c1-7(34)29-13-19(40)15(36)9(3-31)47-26(13)51-24-17(38)11(5-33)48-27(22(24)43)45-6-12-18(39)23(14(25(44)46-12)30-8(2)35)50-28-21(42)20(41)16(37)10(4-32)49-28/h9-28,31-33,36-44H,3-6H2,1-2H3,(H,29,34)(H,30,35)/t9-,10-,11-,12-,13-,14-,15-,16+,17+,18+,19-,20+,21-,22-,23-,24+,25?,26+,27-,28+/m1/s1. The van der Waals surface area contributed by atoms with Gasteiger partial charge in [0.15, 0.2) is 25.2 Å². The summed E-state index contributed by atoms with van der Waals surface area (Å²) in [6, 6.07) is -2.99. The van der Waals surface area contributed by atoms with E-state index in [0.29, 0.717) is 0 Å². The van der Waals surface area contributed by atoms with Gasteiger partial charge in [0.2, 0.25) is 11.8 Å². The molecule has 0 bridgehead atoms. The monoisotopic (exact) mass is 748 g/mol. The Morgan fingerprint density at radius 2 is 0.980 bits per heavy atom. The van der Waals surface area contributed by atoms with E-state index >= 15 is 0 Å². The van der Waals surface area contributed by atoms with Gasteiger partial charge in [-0.25, -0.2) is 0 Å². The molecule has 0 aliphatic carbocycles. The predicted octanol–water partition coefficient (Wildman–Crippen LogP) is -9.46. The van der Waals surface area contributed by atoms with E-state index in [1.807, 2.05) is 0 Å². The van der Waals surface area contributed by atoms with Crippen LogP contribution in [0.5, 0.6) is 0 Å². The van der Waals surface area contributed by atoms with Gasteiger partial charge in [-0.3, -0.25) is 9.59 Å². The van der Waals surface area contributed by atoms with Crippen molar-refractivity contribution in [2.75, 3.05) is 26.4 Å². The summed E-state index contributed by atoms with van der Waals surface area (Å²) in [4.78, 5) is 23.7. The molecule has 23 heteroatoms. The molecule has 0 aromatic heterocycles. The second kappa shape index (κ2) is 18.0. The highest BCUT2D eigenvalue weighted by atomic mass is 16.7. The minimum Gasteiger partial charge on any atom is -0.394 e. The number of amides is 2. The molecule has 14 N–H and O–H groups in total. The second-order valence-corrected chi connectivity index (χ2v) is 12.7. The van der Waals surface area contributed by atoms with E-state index in [1.54, 1.807) is 0 Å². The van der Waals surface area contributed by atoms with Gasteiger partial charge in [0.25, 0.3) is 0 Å². The second-order valence-electron chi connectivity index (χ2n) is 12.7. The first-order chi connectivity index (χ1) is 24.0. The maximum atomic E-state index is 11.9. The quantitative estimate of drug-likeness (QED) is 0.0881. The Bertz CT molecular complexity index is 1140. The third kappa shape index (κ3) is 9.29. The Morgan fingerprint density at radius 1 is 0.510 bits per heavy atom. The van der Waals surface area contributed by atoms with E-state index in [4.69, 9.17) is 33.2 Å². The molecular formula is C28H48N2O21. The van der Waals surface area contributed by atoms with Crippen LogP contribution in [0, 0.1) is 0 Å². The van der Waals surface area contributed by atoms with Crippen LogP contribution in [0.3, 0.4) is 0 Å². The largest absolute Gasteiger partial charge is 0.394 e. The average molecular weight is 749 g/mol. The summed E-state index contributed by atoms with van der Waals surface area (Å²) in [6.07, 6.45) is -31.1. The van der Waals surface area contributed by atoms with Crippen molar-refractivity contribution >= 4 is 11.8 Å². The molecule has 4 fully saturated rings. The highest BCUT2D eigenvalue weighted by Crippen LogP contribution is 2.32. The van der Waals surface area contributed by atoms with Crippen molar-refractivity contribution in [3.63, 3.8) is 0 Å². The normalized spacial score (nSPS) is 47.8. The lowest BCUT2D eigenvalue weighted by atomic mass is 9.95. The number of carbonyl (C=O) groups is 2. The molecule has 0 spiro atoms. The number of hydrogen-bond acceptors (Lipinski definition) is 21. The summed E-state index contributed by atoms with van der Waals surface area (Å²) in [5.74, 6) is -1.39. The van der Waals surface area contributed by atoms with Gasteiger partial charge in [-0.1, -0.05) is 0 Å². The molecule has 0 saturated carbocycles. The summed E-state index contributed by atoms with van der Waals surface area (Å²) in [6.45, 7) is -1.03. The lowest BCUT2D eigenvalue weighted by Crippen LogP contribution is -2.68. The smallest absolute Gasteiger partial charge is 0.217 e. The lowest BCUT2D eigenvalue weighted by Gasteiger charge is -2.48. The van der Waals surface area contributed by atoms with Gasteiger partial charge in [0.1, 0.15) is 97.5 Å². The van der Waals surface area contributed by atoms with Crippen LogP contribution in [-0.2, 0) is 42.7 Å². The van der Waals surface area contributed by atoms with E-state index < -0.39 is 161 Å².